The maximum absolute atomic E-state index is 11.9. The molecular weight excluding hydrogens is 248 g/mol. The standard InChI is InChI=1S/C13H22N2O2S/c1-11(13(2,3)4)15-18(16,17)10-8-12-7-5-6-9-14-12/h5-7,9,11,15H,8,10H2,1-4H3/t11-/m1/s1. The van der Waals surface area contributed by atoms with Gasteiger partial charge in [0, 0.05) is 24.4 Å². The molecule has 1 rings (SSSR count). The molecule has 0 unspecified atom stereocenters. The van der Waals surface area contributed by atoms with Crippen LogP contribution in [0.3, 0.4) is 0 Å². The number of aromatic nitrogens is 1. The van der Waals surface area contributed by atoms with Gasteiger partial charge >= 0.3 is 0 Å². The van der Waals surface area contributed by atoms with Crippen LogP contribution in [0.25, 0.3) is 0 Å². The van der Waals surface area contributed by atoms with E-state index in [4.69, 9.17) is 0 Å². The molecule has 102 valence electrons. The lowest BCUT2D eigenvalue weighted by Crippen LogP contribution is -2.42. The molecule has 0 aliphatic heterocycles. The van der Waals surface area contributed by atoms with Gasteiger partial charge in [0.25, 0.3) is 0 Å². The summed E-state index contributed by atoms with van der Waals surface area (Å²) >= 11 is 0. The Morgan fingerprint density at radius 2 is 2.00 bits per heavy atom. The topological polar surface area (TPSA) is 59.1 Å². The van der Waals surface area contributed by atoms with Gasteiger partial charge in [0.05, 0.1) is 5.75 Å². The van der Waals surface area contributed by atoms with Crippen molar-refractivity contribution < 1.29 is 8.42 Å². The van der Waals surface area contributed by atoms with Crippen molar-refractivity contribution in [2.24, 2.45) is 5.41 Å². The van der Waals surface area contributed by atoms with Crippen molar-refractivity contribution in [3.05, 3.63) is 30.1 Å². The molecule has 0 spiro atoms. The number of pyridine rings is 1. The fourth-order valence-corrected chi connectivity index (χ4v) is 2.78. The first-order valence-electron chi connectivity index (χ1n) is 6.10. The highest BCUT2D eigenvalue weighted by atomic mass is 32.2. The lowest BCUT2D eigenvalue weighted by molar-refractivity contribution is 0.317. The lowest BCUT2D eigenvalue weighted by atomic mass is 9.89. The van der Waals surface area contributed by atoms with E-state index in [1.807, 2.05) is 45.9 Å². The molecule has 1 aromatic rings. The van der Waals surface area contributed by atoms with Crippen LogP contribution in [-0.4, -0.2) is 25.2 Å². The van der Waals surface area contributed by atoms with Crippen LogP contribution in [0.5, 0.6) is 0 Å². The fourth-order valence-electron chi connectivity index (χ4n) is 1.29. The Morgan fingerprint density at radius 3 is 2.50 bits per heavy atom. The zero-order chi connectivity index (χ0) is 13.8. The Labute approximate surface area is 110 Å². The molecule has 0 saturated heterocycles. The van der Waals surface area contributed by atoms with Gasteiger partial charge in [-0.2, -0.15) is 0 Å². The van der Waals surface area contributed by atoms with Gasteiger partial charge in [-0.15, -0.1) is 0 Å². The minimum atomic E-state index is -3.25. The van der Waals surface area contributed by atoms with Crippen molar-refractivity contribution in [1.29, 1.82) is 0 Å². The summed E-state index contributed by atoms with van der Waals surface area (Å²) in [5.74, 6) is 0.0738. The molecule has 1 atom stereocenters. The van der Waals surface area contributed by atoms with Crippen molar-refractivity contribution in [2.45, 2.75) is 40.2 Å². The first-order valence-corrected chi connectivity index (χ1v) is 7.76. The van der Waals surface area contributed by atoms with Crippen LogP contribution in [-0.2, 0) is 16.4 Å². The number of nitrogens with zero attached hydrogens (tertiary/aromatic N) is 1. The minimum Gasteiger partial charge on any atom is -0.261 e. The van der Waals surface area contributed by atoms with E-state index in [0.29, 0.717) is 6.42 Å². The molecule has 0 fully saturated rings. The second kappa shape index (κ2) is 5.80. The third-order valence-corrected chi connectivity index (χ3v) is 4.46. The summed E-state index contributed by atoms with van der Waals surface area (Å²) in [6.45, 7) is 7.93. The van der Waals surface area contributed by atoms with Crippen LogP contribution in [0.2, 0.25) is 0 Å². The van der Waals surface area contributed by atoms with Crippen molar-refractivity contribution in [3.63, 3.8) is 0 Å². The molecule has 0 aliphatic carbocycles. The van der Waals surface area contributed by atoms with E-state index in [1.165, 1.54) is 0 Å². The van der Waals surface area contributed by atoms with Crippen LogP contribution in [0.1, 0.15) is 33.4 Å². The minimum absolute atomic E-state index is 0.0738. The molecule has 0 bridgehead atoms. The van der Waals surface area contributed by atoms with E-state index in [9.17, 15) is 8.42 Å². The zero-order valence-corrected chi connectivity index (χ0v) is 12.3. The Hall–Kier alpha value is -0.940. The highest BCUT2D eigenvalue weighted by Crippen LogP contribution is 2.19. The lowest BCUT2D eigenvalue weighted by Gasteiger charge is -2.27. The van der Waals surface area contributed by atoms with E-state index in [2.05, 4.69) is 9.71 Å². The quantitative estimate of drug-likeness (QED) is 0.890. The number of aryl methyl sites for hydroxylation is 1. The Balaban J connectivity index is 2.56. The number of sulfonamides is 1. The summed E-state index contributed by atoms with van der Waals surface area (Å²) in [7, 11) is -3.25. The Kier molecular flexibility index (Phi) is 4.87. The number of nitrogens with one attached hydrogen (secondary N) is 1. The normalized spacial score (nSPS) is 14.4. The van der Waals surface area contributed by atoms with Gasteiger partial charge in [-0.25, -0.2) is 13.1 Å². The molecule has 0 amide bonds. The van der Waals surface area contributed by atoms with E-state index in [1.54, 1.807) is 6.20 Å². The monoisotopic (exact) mass is 270 g/mol. The third-order valence-electron chi connectivity index (χ3n) is 3.01. The van der Waals surface area contributed by atoms with Crippen molar-refractivity contribution in [1.82, 2.24) is 9.71 Å². The highest BCUT2D eigenvalue weighted by Gasteiger charge is 2.24. The SMILES string of the molecule is C[C@@H](NS(=O)(=O)CCc1ccccn1)C(C)(C)C. The number of rotatable bonds is 5. The van der Waals surface area contributed by atoms with E-state index in [0.717, 1.165) is 5.69 Å². The molecular formula is C13H22N2O2S. The second-order valence-corrected chi connectivity index (χ2v) is 7.47. The van der Waals surface area contributed by atoms with E-state index < -0.39 is 10.0 Å². The molecule has 18 heavy (non-hydrogen) atoms. The highest BCUT2D eigenvalue weighted by molar-refractivity contribution is 7.89. The molecule has 5 heteroatoms. The van der Waals surface area contributed by atoms with Crippen molar-refractivity contribution in [2.75, 3.05) is 5.75 Å². The van der Waals surface area contributed by atoms with Gasteiger partial charge in [0.1, 0.15) is 0 Å². The molecule has 0 aromatic carbocycles. The summed E-state index contributed by atoms with van der Waals surface area (Å²) in [5, 5.41) is 0. The van der Waals surface area contributed by atoms with E-state index in [-0.39, 0.29) is 17.2 Å². The zero-order valence-electron chi connectivity index (χ0n) is 11.5. The van der Waals surface area contributed by atoms with Crippen LogP contribution in [0.4, 0.5) is 0 Å². The van der Waals surface area contributed by atoms with Gasteiger partial charge in [0.15, 0.2) is 0 Å². The van der Waals surface area contributed by atoms with Gasteiger partial charge in [-0.3, -0.25) is 4.98 Å². The van der Waals surface area contributed by atoms with Gasteiger partial charge in [-0.05, 0) is 24.5 Å². The molecule has 4 nitrogen and oxygen atoms in total. The van der Waals surface area contributed by atoms with Gasteiger partial charge in [-0.1, -0.05) is 26.8 Å². The van der Waals surface area contributed by atoms with Crippen LogP contribution < -0.4 is 4.72 Å². The largest absolute Gasteiger partial charge is 0.261 e. The van der Waals surface area contributed by atoms with Gasteiger partial charge < -0.3 is 0 Å². The van der Waals surface area contributed by atoms with E-state index >= 15 is 0 Å². The number of hydrogen-bond donors (Lipinski definition) is 1. The van der Waals surface area contributed by atoms with Crippen LogP contribution in [0.15, 0.2) is 24.4 Å². The maximum Gasteiger partial charge on any atom is 0.212 e. The maximum atomic E-state index is 11.9. The molecule has 1 heterocycles. The Morgan fingerprint density at radius 1 is 1.33 bits per heavy atom. The predicted molar refractivity (Wildman–Crippen MR) is 73.8 cm³/mol. The summed E-state index contributed by atoms with van der Waals surface area (Å²) in [6, 6.07) is 5.42. The molecule has 0 aliphatic rings. The Bertz CT molecular complexity index is 464. The first-order chi connectivity index (χ1) is 8.21. The van der Waals surface area contributed by atoms with Gasteiger partial charge in [0.2, 0.25) is 10.0 Å². The smallest absolute Gasteiger partial charge is 0.212 e. The third kappa shape index (κ3) is 5.14. The second-order valence-electron chi connectivity index (χ2n) is 5.60. The van der Waals surface area contributed by atoms with Crippen LogP contribution in [0, 0.1) is 5.41 Å². The molecule has 1 aromatic heterocycles. The summed E-state index contributed by atoms with van der Waals surface area (Å²) in [6.07, 6.45) is 2.11. The molecule has 0 radical (unpaired) electrons. The van der Waals surface area contributed by atoms with Crippen LogP contribution >= 0.6 is 0 Å². The summed E-state index contributed by atoms with van der Waals surface area (Å²) < 4.78 is 26.6. The van der Waals surface area contributed by atoms with Crippen molar-refractivity contribution in [3.8, 4) is 0 Å². The summed E-state index contributed by atoms with van der Waals surface area (Å²) in [5.41, 5.74) is 0.712. The average molecular weight is 270 g/mol. The van der Waals surface area contributed by atoms with Crippen molar-refractivity contribution >= 4 is 10.0 Å². The number of hydrogen-bond acceptors (Lipinski definition) is 3. The predicted octanol–water partition coefficient (Wildman–Crippen LogP) is 1.98. The summed E-state index contributed by atoms with van der Waals surface area (Å²) in [4.78, 5) is 4.12. The first kappa shape index (κ1) is 15.1. The molecule has 0 saturated carbocycles. The molecule has 1 N–H and O–H groups in total. The fraction of sp³-hybridized carbons (Fsp3) is 0.615. The average Bonchev–Trinajstić information content (AvgIpc) is 2.26.